The van der Waals surface area contributed by atoms with Crippen LogP contribution >= 0.6 is 11.8 Å². The topological polar surface area (TPSA) is 59.4 Å². The highest BCUT2D eigenvalue weighted by atomic mass is 32.2. The van der Waals surface area contributed by atoms with Crippen molar-refractivity contribution >= 4 is 17.7 Å². The van der Waals surface area contributed by atoms with Crippen molar-refractivity contribution in [2.24, 2.45) is 0 Å². The molecule has 0 saturated carbocycles. The molecular weight excluding hydrogens is 286 g/mol. The van der Waals surface area contributed by atoms with Crippen LogP contribution in [0.3, 0.4) is 0 Å². The van der Waals surface area contributed by atoms with Crippen LogP contribution in [0.1, 0.15) is 35.8 Å². The molecule has 0 radical (unpaired) electrons. The molecule has 2 aromatic rings. The van der Waals surface area contributed by atoms with Gasteiger partial charge in [0.15, 0.2) is 0 Å². The molecule has 0 saturated heterocycles. The van der Waals surface area contributed by atoms with Crippen LogP contribution in [0.2, 0.25) is 0 Å². The van der Waals surface area contributed by atoms with Crippen molar-refractivity contribution in [3.8, 4) is 5.75 Å². The standard InChI is InChI=1S/C16H17NO3S/c1-10(2)14-8-11(16(18)19)9-15(17-14)21-13-6-4-12(20-3)5-7-13/h4-10H,1-3H3,(H,18,19). The Balaban J connectivity index is 2.31. The van der Waals surface area contributed by atoms with Crippen molar-refractivity contribution in [1.82, 2.24) is 4.98 Å². The van der Waals surface area contributed by atoms with Gasteiger partial charge in [0.05, 0.1) is 12.7 Å². The van der Waals surface area contributed by atoms with Gasteiger partial charge in [0.1, 0.15) is 10.8 Å². The fraction of sp³-hybridized carbons (Fsp3) is 0.250. The summed E-state index contributed by atoms with van der Waals surface area (Å²) in [7, 11) is 1.62. The summed E-state index contributed by atoms with van der Waals surface area (Å²) in [5.41, 5.74) is 1.05. The van der Waals surface area contributed by atoms with Crippen LogP contribution in [0.5, 0.6) is 5.75 Å². The number of methoxy groups -OCH3 is 1. The predicted octanol–water partition coefficient (Wildman–Crippen LogP) is 4.06. The third-order valence-electron chi connectivity index (χ3n) is 2.94. The number of hydrogen-bond donors (Lipinski definition) is 1. The fourth-order valence-electron chi connectivity index (χ4n) is 1.76. The molecule has 0 amide bonds. The molecule has 21 heavy (non-hydrogen) atoms. The van der Waals surface area contributed by atoms with Gasteiger partial charge in [-0.1, -0.05) is 25.6 Å². The highest BCUT2D eigenvalue weighted by Crippen LogP contribution is 2.29. The van der Waals surface area contributed by atoms with Crippen LogP contribution in [-0.2, 0) is 0 Å². The molecule has 1 heterocycles. The molecule has 1 aromatic heterocycles. The lowest BCUT2D eigenvalue weighted by atomic mass is 10.1. The zero-order valence-corrected chi connectivity index (χ0v) is 13.0. The summed E-state index contributed by atoms with van der Waals surface area (Å²) in [5.74, 6) is 0.0323. The molecule has 0 spiro atoms. The maximum absolute atomic E-state index is 11.2. The van der Waals surface area contributed by atoms with E-state index in [0.29, 0.717) is 5.03 Å². The molecule has 0 aliphatic heterocycles. The van der Waals surface area contributed by atoms with E-state index in [1.165, 1.54) is 11.8 Å². The lowest BCUT2D eigenvalue weighted by molar-refractivity contribution is 0.0696. The van der Waals surface area contributed by atoms with E-state index in [4.69, 9.17) is 4.74 Å². The smallest absolute Gasteiger partial charge is 0.335 e. The van der Waals surface area contributed by atoms with Crippen molar-refractivity contribution < 1.29 is 14.6 Å². The molecule has 1 aromatic carbocycles. The van der Waals surface area contributed by atoms with Gasteiger partial charge in [-0.25, -0.2) is 9.78 Å². The van der Waals surface area contributed by atoms with Gasteiger partial charge >= 0.3 is 5.97 Å². The summed E-state index contributed by atoms with van der Waals surface area (Å²) in [6.07, 6.45) is 0. The van der Waals surface area contributed by atoms with Crippen molar-refractivity contribution in [3.63, 3.8) is 0 Å². The average Bonchev–Trinajstić information content (AvgIpc) is 2.47. The molecule has 110 valence electrons. The highest BCUT2D eigenvalue weighted by Gasteiger charge is 2.11. The van der Waals surface area contributed by atoms with E-state index < -0.39 is 5.97 Å². The number of hydrogen-bond acceptors (Lipinski definition) is 4. The van der Waals surface area contributed by atoms with Gasteiger partial charge in [0.2, 0.25) is 0 Å². The molecule has 0 unspecified atom stereocenters. The van der Waals surface area contributed by atoms with E-state index in [-0.39, 0.29) is 11.5 Å². The second-order valence-corrected chi connectivity index (χ2v) is 5.95. The van der Waals surface area contributed by atoms with Gasteiger partial charge in [-0.2, -0.15) is 0 Å². The lowest BCUT2D eigenvalue weighted by Gasteiger charge is -2.09. The summed E-state index contributed by atoms with van der Waals surface area (Å²) in [4.78, 5) is 16.7. The third kappa shape index (κ3) is 3.98. The zero-order valence-electron chi connectivity index (χ0n) is 12.2. The number of rotatable bonds is 5. The van der Waals surface area contributed by atoms with Gasteiger partial charge in [0, 0.05) is 10.6 Å². The number of pyridine rings is 1. The summed E-state index contributed by atoms with van der Waals surface area (Å²) in [6.45, 7) is 3.99. The summed E-state index contributed by atoms with van der Waals surface area (Å²) >= 11 is 1.44. The van der Waals surface area contributed by atoms with E-state index in [0.717, 1.165) is 16.3 Å². The molecule has 2 rings (SSSR count). The van der Waals surface area contributed by atoms with E-state index in [2.05, 4.69) is 4.98 Å². The van der Waals surface area contributed by atoms with E-state index >= 15 is 0 Å². The van der Waals surface area contributed by atoms with E-state index in [1.54, 1.807) is 19.2 Å². The molecule has 1 N–H and O–H groups in total. The molecule has 4 nitrogen and oxygen atoms in total. The molecular formula is C16H17NO3S. The quantitative estimate of drug-likeness (QED) is 0.902. The van der Waals surface area contributed by atoms with Crippen LogP contribution in [0.25, 0.3) is 0 Å². The van der Waals surface area contributed by atoms with Crippen LogP contribution in [0, 0.1) is 0 Å². The first-order valence-corrected chi connectivity index (χ1v) is 7.38. The number of carbonyl (C=O) groups is 1. The SMILES string of the molecule is COc1ccc(Sc2cc(C(=O)O)cc(C(C)C)n2)cc1. The van der Waals surface area contributed by atoms with Gasteiger partial charge in [-0.3, -0.25) is 0 Å². The van der Waals surface area contributed by atoms with Crippen molar-refractivity contribution in [2.45, 2.75) is 29.7 Å². The Labute approximate surface area is 128 Å². The monoisotopic (exact) mass is 303 g/mol. The first-order valence-electron chi connectivity index (χ1n) is 6.57. The number of carboxylic acids is 1. The number of nitrogens with zero attached hydrogens (tertiary/aromatic N) is 1. The van der Waals surface area contributed by atoms with Crippen LogP contribution in [0.15, 0.2) is 46.3 Å². The molecule has 0 aliphatic carbocycles. The molecule has 0 atom stereocenters. The Hall–Kier alpha value is -2.01. The zero-order chi connectivity index (χ0) is 15.4. The number of ether oxygens (including phenoxy) is 1. The normalized spacial score (nSPS) is 10.7. The van der Waals surface area contributed by atoms with Crippen molar-refractivity contribution in [1.29, 1.82) is 0 Å². The number of aromatic nitrogens is 1. The van der Waals surface area contributed by atoms with Crippen LogP contribution < -0.4 is 4.74 Å². The Morgan fingerprint density at radius 3 is 2.43 bits per heavy atom. The van der Waals surface area contributed by atoms with Gasteiger partial charge in [-0.05, 0) is 42.3 Å². The number of carboxylic acid groups (broad SMARTS) is 1. The van der Waals surface area contributed by atoms with Gasteiger partial charge in [-0.15, -0.1) is 0 Å². The van der Waals surface area contributed by atoms with E-state index in [1.807, 2.05) is 38.1 Å². The maximum Gasteiger partial charge on any atom is 0.335 e. The molecule has 0 bridgehead atoms. The second kappa shape index (κ2) is 6.63. The Bertz CT molecular complexity index is 638. The van der Waals surface area contributed by atoms with Crippen LogP contribution in [0.4, 0.5) is 0 Å². The van der Waals surface area contributed by atoms with Crippen molar-refractivity contribution in [2.75, 3.05) is 7.11 Å². The minimum Gasteiger partial charge on any atom is -0.497 e. The average molecular weight is 303 g/mol. The Morgan fingerprint density at radius 2 is 1.90 bits per heavy atom. The summed E-state index contributed by atoms with van der Waals surface area (Å²) in [5, 5.41) is 9.88. The minimum atomic E-state index is -0.934. The summed E-state index contributed by atoms with van der Waals surface area (Å²) in [6, 6.07) is 10.8. The Morgan fingerprint density at radius 1 is 1.24 bits per heavy atom. The predicted molar refractivity (Wildman–Crippen MR) is 82.4 cm³/mol. The number of benzene rings is 1. The molecule has 0 fully saturated rings. The first-order chi connectivity index (χ1) is 9.99. The van der Waals surface area contributed by atoms with E-state index in [9.17, 15) is 9.90 Å². The lowest BCUT2D eigenvalue weighted by Crippen LogP contribution is -2.02. The van der Waals surface area contributed by atoms with Crippen LogP contribution in [-0.4, -0.2) is 23.2 Å². The minimum absolute atomic E-state index is 0.180. The van der Waals surface area contributed by atoms with Gasteiger partial charge < -0.3 is 9.84 Å². The second-order valence-electron chi connectivity index (χ2n) is 4.86. The molecule has 5 heteroatoms. The number of aromatic carboxylic acids is 1. The largest absolute Gasteiger partial charge is 0.497 e. The van der Waals surface area contributed by atoms with Crippen molar-refractivity contribution in [3.05, 3.63) is 47.7 Å². The summed E-state index contributed by atoms with van der Waals surface area (Å²) < 4.78 is 5.12. The maximum atomic E-state index is 11.2. The molecule has 0 aliphatic rings. The first kappa shape index (κ1) is 15.4. The highest BCUT2D eigenvalue weighted by molar-refractivity contribution is 7.99. The fourth-order valence-corrected chi connectivity index (χ4v) is 2.61. The van der Waals surface area contributed by atoms with Gasteiger partial charge in [0.25, 0.3) is 0 Å². The third-order valence-corrected chi connectivity index (χ3v) is 3.87. The Kier molecular flexibility index (Phi) is 4.85.